The van der Waals surface area contributed by atoms with Gasteiger partial charge in [-0.05, 0) is 23.8 Å². The molecule has 2 aliphatic heterocycles. The van der Waals surface area contributed by atoms with Crippen molar-refractivity contribution in [1.29, 1.82) is 0 Å². The number of phenolic OH excluding ortho intramolecular Hbond substituents is 1. The first-order valence-electron chi connectivity index (χ1n) is 10.9. The fraction of sp³-hybridized carbons (Fsp3) is 0.545. The van der Waals surface area contributed by atoms with E-state index in [1.807, 2.05) is 0 Å². The van der Waals surface area contributed by atoms with E-state index < -0.39 is 80.0 Å². The van der Waals surface area contributed by atoms with Gasteiger partial charge in [0, 0.05) is 6.08 Å². The van der Waals surface area contributed by atoms with E-state index in [9.17, 15) is 50.4 Å². The second-order valence-corrected chi connectivity index (χ2v) is 8.24. The van der Waals surface area contributed by atoms with Gasteiger partial charge in [-0.3, -0.25) is 0 Å². The summed E-state index contributed by atoms with van der Waals surface area (Å²) in [5, 5.41) is 79.4. The van der Waals surface area contributed by atoms with Crippen LogP contribution in [0.15, 0.2) is 24.3 Å². The SMILES string of the molecule is COc1cc(/C=C/C(=O)O[C@H]2[C@H](O[C@@H]3[C@@H](O)[C@H](O)[C@@H](CO)O[C@H]3O)O[C@H](C(=O)O)[C@@H](O)[C@@H]2O)ccc1O. The molecule has 15 heteroatoms. The van der Waals surface area contributed by atoms with Crippen LogP contribution < -0.4 is 4.74 Å². The molecule has 0 aliphatic carbocycles. The number of carboxylic acids is 1. The van der Waals surface area contributed by atoms with Crippen molar-refractivity contribution in [3.63, 3.8) is 0 Å². The minimum atomic E-state index is -2.07. The molecule has 10 atom stereocenters. The molecule has 1 aromatic carbocycles. The molecule has 0 radical (unpaired) electrons. The van der Waals surface area contributed by atoms with E-state index in [1.54, 1.807) is 0 Å². The number of aliphatic hydroxyl groups excluding tert-OH is 6. The van der Waals surface area contributed by atoms with Gasteiger partial charge in [0.25, 0.3) is 0 Å². The molecule has 2 saturated heterocycles. The summed E-state index contributed by atoms with van der Waals surface area (Å²) in [6.45, 7) is -0.757. The third-order valence-corrected chi connectivity index (χ3v) is 5.79. The zero-order chi connectivity index (χ0) is 27.4. The molecule has 15 nitrogen and oxygen atoms in total. The van der Waals surface area contributed by atoms with Crippen molar-refractivity contribution in [2.45, 2.75) is 61.4 Å². The summed E-state index contributed by atoms with van der Waals surface area (Å²) in [7, 11) is 1.32. The maximum Gasteiger partial charge on any atom is 0.335 e. The topological polar surface area (TPSA) is 242 Å². The number of hydrogen-bond donors (Lipinski definition) is 8. The van der Waals surface area contributed by atoms with E-state index in [0.29, 0.717) is 5.56 Å². The van der Waals surface area contributed by atoms with Crippen LogP contribution in [0.25, 0.3) is 6.08 Å². The molecule has 0 unspecified atom stereocenters. The minimum absolute atomic E-state index is 0.125. The number of hydrogen-bond acceptors (Lipinski definition) is 14. The van der Waals surface area contributed by atoms with Gasteiger partial charge in [0.15, 0.2) is 36.3 Å². The van der Waals surface area contributed by atoms with Crippen molar-refractivity contribution in [3.8, 4) is 11.5 Å². The van der Waals surface area contributed by atoms with Crippen molar-refractivity contribution in [1.82, 2.24) is 0 Å². The maximum atomic E-state index is 12.5. The highest BCUT2D eigenvalue weighted by atomic mass is 16.7. The lowest BCUT2D eigenvalue weighted by molar-refractivity contribution is -0.358. The normalized spacial score (nSPS) is 36.3. The first-order chi connectivity index (χ1) is 17.5. The molecule has 37 heavy (non-hydrogen) atoms. The predicted molar refractivity (Wildman–Crippen MR) is 117 cm³/mol. The number of aliphatic carboxylic acids is 1. The van der Waals surface area contributed by atoms with Crippen molar-refractivity contribution >= 4 is 18.0 Å². The number of methoxy groups -OCH3 is 1. The number of esters is 1. The van der Waals surface area contributed by atoms with Crippen molar-refractivity contribution in [3.05, 3.63) is 29.8 Å². The molecule has 0 bridgehead atoms. The van der Waals surface area contributed by atoms with E-state index in [-0.39, 0.29) is 11.5 Å². The summed E-state index contributed by atoms with van der Waals surface area (Å²) in [5.41, 5.74) is 0.406. The Hall–Kier alpha value is -2.86. The molecule has 1 aromatic rings. The number of phenols is 1. The van der Waals surface area contributed by atoms with Gasteiger partial charge in [-0.15, -0.1) is 0 Å². The summed E-state index contributed by atoms with van der Waals surface area (Å²) < 4.78 is 25.6. The van der Waals surface area contributed by atoms with Gasteiger partial charge < -0.3 is 64.5 Å². The molecule has 3 rings (SSSR count). The van der Waals surface area contributed by atoms with Crippen molar-refractivity contribution < 1.29 is 74.1 Å². The number of carboxylic acid groups (broad SMARTS) is 1. The molecular weight excluding hydrogens is 504 g/mol. The van der Waals surface area contributed by atoms with Gasteiger partial charge in [0.1, 0.15) is 36.6 Å². The summed E-state index contributed by atoms with van der Waals surface area (Å²) in [4.78, 5) is 24.0. The number of benzene rings is 1. The number of aliphatic hydroxyl groups is 6. The Labute approximate surface area is 209 Å². The largest absolute Gasteiger partial charge is 0.504 e. The Morgan fingerprint density at radius 3 is 2.30 bits per heavy atom. The van der Waals surface area contributed by atoms with Gasteiger partial charge in [-0.1, -0.05) is 6.07 Å². The third kappa shape index (κ3) is 6.35. The van der Waals surface area contributed by atoms with Crippen LogP contribution in [0.5, 0.6) is 11.5 Å². The highest BCUT2D eigenvalue weighted by molar-refractivity contribution is 5.87. The zero-order valence-electron chi connectivity index (χ0n) is 19.3. The second kappa shape index (κ2) is 12.1. The quantitative estimate of drug-likeness (QED) is 0.121. The van der Waals surface area contributed by atoms with Crippen LogP contribution in [0.1, 0.15) is 5.56 Å². The molecule has 2 aliphatic rings. The molecule has 2 fully saturated rings. The molecule has 0 spiro atoms. The lowest BCUT2D eigenvalue weighted by atomic mass is 9.97. The molecular formula is C22H28O15. The van der Waals surface area contributed by atoms with Crippen LogP contribution in [-0.4, -0.2) is 128 Å². The number of carbonyl (C=O) groups excluding carboxylic acids is 1. The second-order valence-electron chi connectivity index (χ2n) is 8.24. The average molecular weight is 532 g/mol. The molecule has 0 aromatic heterocycles. The van der Waals surface area contributed by atoms with Gasteiger partial charge in [-0.25, -0.2) is 9.59 Å². The van der Waals surface area contributed by atoms with Crippen LogP contribution in [0.3, 0.4) is 0 Å². The average Bonchev–Trinajstić information content (AvgIpc) is 2.87. The van der Waals surface area contributed by atoms with Gasteiger partial charge in [0.05, 0.1) is 13.7 Å². The van der Waals surface area contributed by atoms with E-state index >= 15 is 0 Å². The molecule has 206 valence electrons. The van der Waals surface area contributed by atoms with Crippen LogP contribution in [-0.2, 0) is 28.5 Å². The Kier molecular flexibility index (Phi) is 9.41. The molecule has 2 heterocycles. The van der Waals surface area contributed by atoms with Crippen LogP contribution in [0.4, 0.5) is 0 Å². The van der Waals surface area contributed by atoms with E-state index in [1.165, 1.54) is 31.4 Å². The molecule has 0 amide bonds. The zero-order valence-corrected chi connectivity index (χ0v) is 19.3. The highest BCUT2D eigenvalue weighted by Gasteiger charge is 2.53. The first kappa shape index (κ1) is 28.7. The van der Waals surface area contributed by atoms with Gasteiger partial charge >= 0.3 is 11.9 Å². The van der Waals surface area contributed by atoms with Crippen molar-refractivity contribution in [2.75, 3.05) is 13.7 Å². The Morgan fingerprint density at radius 1 is 1.00 bits per heavy atom. The Bertz CT molecular complexity index is 983. The van der Waals surface area contributed by atoms with Gasteiger partial charge in [0.2, 0.25) is 0 Å². The summed E-state index contributed by atoms with van der Waals surface area (Å²) in [5.74, 6) is -2.82. The lowest BCUT2D eigenvalue weighted by Gasteiger charge is -2.45. The smallest absolute Gasteiger partial charge is 0.335 e. The predicted octanol–water partition coefficient (Wildman–Crippen LogP) is -3.33. The maximum absolute atomic E-state index is 12.5. The summed E-state index contributed by atoms with van der Waals surface area (Å²) in [6, 6.07) is 4.17. The van der Waals surface area contributed by atoms with Gasteiger partial charge in [-0.2, -0.15) is 0 Å². The molecule has 8 N–H and O–H groups in total. The van der Waals surface area contributed by atoms with E-state index in [4.69, 9.17) is 23.7 Å². The third-order valence-electron chi connectivity index (χ3n) is 5.79. The lowest BCUT2D eigenvalue weighted by Crippen LogP contribution is -2.65. The summed E-state index contributed by atoms with van der Waals surface area (Å²) >= 11 is 0. The number of ether oxygens (including phenoxy) is 5. The Morgan fingerprint density at radius 2 is 1.68 bits per heavy atom. The summed E-state index contributed by atoms with van der Waals surface area (Å²) in [6.07, 6.45) is -16.6. The minimum Gasteiger partial charge on any atom is -0.504 e. The standard InChI is InChI=1S/C22H28O15/c1-33-10-6-8(2-4-9(10)24)3-5-12(25)35-19-16(29)15(28)17(20(30)31)36-22(19)37-18-14(27)13(26)11(7-23)34-21(18)32/h2-6,11,13-19,21-24,26-29,32H,7H2,1H3,(H,30,31)/b5-3+/t11-,13-,14+,15+,16+,17+,18-,19-,21-,22+/m1/s1. The fourth-order valence-electron chi connectivity index (χ4n) is 3.79. The molecule has 0 saturated carbocycles. The number of carbonyl (C=O) groups is 2. The monoisotopic (exact) mass is 532 g/mol. The number of rotatable bonds is 8. The fourth-order valence-corrected chi connectivity index (χ4v) is 3.79. The van der Waals surface area contributed by atoms with Crippen molar-refractivity contribution in [2.24, 2.45) is 0 Å². The Balaban J connectivity index is 1.80. The number of aromatic hydroxyl groups is 1. The highest BCUT2D eigenvalue weighted by Crippen LogP contribution is 2.30. The van der Waals surface area contributed by atoms with Crippen LogP contribution in [0.2, 0.25) is 0 Å². The van der Waals surface area contributed by atoms with E-state index in [0.717, 1.165) is 6.08 Å². The van der Waals surface area contributed by atoms with E-state index in [2.05, 4.69) is 0 Å². The first-order valence-corrected chi connectivity index (χ1v) is 10.9. The van der Waals surface area contributed by atoms with Crippen LogP contribution >= 0.6 is 0 Å². The van der Waals surface area contributed by atoms with Crippen LogP contribution in [0, 0.1) is 0 Å².